The molecule has 57 heavy (non-hydrogen) atoms. The van der Waals surface area contributed by atoms with Crippen molar-refractivity contribution in [3.63, 3.8) is 0 Å². The maximum absolute atomic E-state index is 12.0. The van der Waals surface area contributed by atoms with Gasteiger partial charge in [-0.05, 0) is 88.9 Å². The molecule has 9 heteroatoms. The van der Waals surface area contributed by atoms with E-state index >= 15 is 0 Å². The zero-order chi connectivity index (χ0) is 41.5. The number of hydrogen-bond donors (Lipinski definition) is 0. The van der Waals surface area contributed by atoms with Crippen molar-refractivity contribution < 1.29 is 40.7 Å². The van der Waals surface area contributed by atoms with Gasteiger partial charge < -0.3 is 0 Å². The Morgan fingerprint density at radius 1 is 0.439 bits per heavy atom. The first-order chi connectivity index (χ1) is 27.9. The van der Waals surface area contributed by atoms with Crippen molar-refractivity contribution >= 4 is 46.5 Å². The third kappa shape index (κ3) is 19.8. The summed E-state index contributed by atoms with van der Waals surface area (Å²) in [7, 11) is 4.20. The Balaban J connectivity index is 0.000000304. The molecule has 5 aromatic rings. The molecule has 0 aromatic heterocycles. The Morgan fingerprint density at radius 2 is 0.719 bits per heavy atom. The normalized spacial score (nSPS) is 10.0. The van der Waals surface area contributed by atoms with Crippen molar-refractivity contribution in [3.05, 3.63) is 156 Å². The van der Waals surface area contributed by atoms with E-state index in [0.717, 1.165) is 18.9 Å². The van der Waals surface area contributed by atoms with Gasteiger partial charge in [0.2, 0.25) is 0 Å². The first-order valence-corrected chi connectivity index (χ1v) is 24.8. The predicted molar refractivity (Wildman–Crippen MR) is 232 cm³/mol. The molecule has 5 aromatic carbocycles. The van der Waals surface area contributed by atoms with Gasteiger partial charge in [0.25, 0.3) is 0 Å². The van der Waals surface area contributed by atoms with E-state index in [1.165, 1.54) is 84.9 Å². The van der Waals surface area contributed by atoms with Gasteiger partial charge in [-0.25, -0.2) is 13.2 Å². The topological polar surface area (TPSA) is 0 Å². The number of hydrogen-bond acceptors (Lipinski definition) is 0. The van der Waals surface area contributed by atoms with Gasteiger partial charge in [0.1, 0.15) is 0 Å². The van der Waals surface area contributed by atoms with Crippen LogP contribution in [0.15, 0.2) is 121 Å². The van der Waals surface area contributed by atoms with Crippen LogP contribution in [0.4, 0.5) is 22.0 Å². The molecule has 0 radical (unpaired) electrons. The standard InChI is InChI=1S/2C21H25P.C6F5.ClH.Pt/c2*1-2-3-4-5-6-7-14-19-22(20-15-10-8-11-16-20)21-17-12-9-13-18-21;7-2-1-3(8)5(10)6(11)4(2)9;;/h2*8-13,15-18H,4-7,14,19H2,1H3;;1H;/q;;-1;;+2/p-1. The van der Waals surface area contributed by atoms with Gasteiger partial charge >= 0.3 is 28.2 Å². The van der Waals surface area contributed by atoms with Gasteiger partial charge in [-0.2, -0.15) is 0 Å². The number of benzene rings is 5. The van der Waals surface area contributed by atoms with Crippen LogP contribution >= 0.6 is 25.3 Å². The van der Waals surface area contributed by atoms with E-state index in [0.29, 0.717) is 0 Å². The van der Waals surface area contributed by atoms with Crippen LogP contribution in [-0.2, 0) is 18.8 Å². The first kappa shape index (κ1) is 49.9. The number of rotatable bonds is 16. The molecule has 0 amide bonds. The molecule has 0 saturated heterocycles. The molecule has 0 unspecified atom stereocenters. The molecule has 0 N–H and O–H groups in total. The fourth-order valence-corrected chi connectivity index (χ4v) is 10.5. The zero-order valence-corrected chi connectivity index (χ0v) is 37.3. The van der Waals surface area contributed by atoms with Crippen molar-refractivity contribution in [1.82, 2.24) is 0 Å². The molecule has 5 rings (SSSR count). The quantitative estimate of drug-likeness (QED) is 0.0176. The van der Waals surface area contributed by atoms with Gasteiger partial charge in [0.05, 0.1) is 29.1 Å². The van der Waals surface area contributed by atoms with Crippen LogP contribution in [0.5, 0.6) is 0 Å². The SMILES string of the molecule is CC#CCCCCCCP(c1ccccc1)c1ccccc1.CC#CCCCCCCP(c1ccccc1)c1ccccc1.Fc1[c-]c(F)c(F)c(F)c1F.[Cl][Pt+]. The van der Waals surface area contributed by atoms with Crippen molar-refractivity contribution in [2.24, 2.45) is 0 Å². The fraction of sp³-hybridized carbons (Fsp3) is 0.292. The second-order valence-electron chi connectivity index (χ2n) is 12.5. The van der Waals surface area contributed by atoms with E-state index in [1.807, 2.05) is 13.8 Å². The van der Waals surface area contributed by atoms with Crippen molar-refractivity contribution in [1.29, 1.82) is 0 Å². The summed E-state index contributed by atoms with van der Waals surface area (Å²) in [5.41, 5.74) is 0. The van der Waals surface area contributed by atoms with Gasteiger partial charge in [-0.1, -0.05) is 147 Å². The predicted octanol–water partition coefficient (Wildman–Crippen LogP) is 13.1. The monoisotopic (exact) mass is 1010 g/mol. The Labute approximate surface area is 355 Å². The van der Waals surface area contributed by atoms with Crippen LogP contribution in [0.25, 0.3) is 0 Å². The van der Waals surface area contributed by atoms with Gasteiger partial charge in [0, 0.05) is 12.8 Å². The molecule has 0 aliphatic carbocycles. The van der Waals surface area contributed by atoms with E-state index in [9.17, 15) is 22.0 Å². The number of halogens is 6. The number of unbranched alkanes of at least 4 members (excludes halogenated alkanes) is 8. The maximum atomic E-state index is 12.0. The molecular formula is C48H50ClF5P2Pt. The molecule has 0 saturated carbocycles. The summed E-state index contributed by atoms with van der Waals surface area (Å²) in [6.45, 7) is 3.85. The van der Waals surface area contributed by atoms with E-state index in [4.69, 9.17) is 0 Å². The van der Waals surface area contributed by atoms with Crippen LogP contribution in [0.1, 0.15) is 78.1 Å². The van der Waals surface area contributed by atoms with Crippen molar-refractivity contribution in [2.75, 3.05) is 12.3 Å². The van der Waals surface area contributed by atoms with Crippen LogP contribution in [0, 0.1) is 58.8 Å². The van der Waals surface area contributed by atoms with Crippen LogP contribution < -0.4 is 21.2 Å². The van der Waals surface area contributed by atoms with Crippen LogP contribution in [0.2, 0.25) is 0 Å². The first-order valence-electron chi connectivity index (χ1n) is 18.9. The van der Waals surface area contributed by atoms with Gasteiger partial charge in [0.15, 0.2) is 0 Å². The molecule has 0 bridgehead atoms. The van der Waals surface area contributed by atoms with Crippen LogP contribution in [-0.4, -0.2) is 12.3 Å². The summed E-state index contributed by atoms with van der Waals surface area (Å²) >= 11 is 1.61. The van der Waals surface area contributed by atoms with Crippen molar-refractivity contribution in [2.45, 2.75) is 78.1 Å². The van der Waals surface area contributed by atoms with Crippen molar-refractivity contribution in [3.8, 4) is 23.7 Å². The Bertz CT molecular complexity index is 1700. The Hall–Kier alpha value is -3.29. The molecule has 0 spiro atoms. The van der Waals surface area contributed by atoms with Crippen LogP contribution in [0.3, 0.4) is 0 Å². The molecule has 0 aliphatic rings. The van der Waals surface area contributed by atoms with E-state index in [-0.39, 0.29) is 15.8 Å². The fourth-order valence-electron chi connectivity index (χ4n) is 5.67. The average Bonchev–Trinajstić information content (AvgIpc) is 3.26. The third-order valence-electron chi connectivity index (χ3n) is 8.48. The van der Waals surface area contributed by atoms with E-state index in [2.05, 4.69) is 154 Å². The van der Waals surface area contributed by atoms with E-state index in [1.54, 1.807) is 18.8 Å². The molecule has 0 aliphatic heterocycles. The van der Waals surface area contributed by atoms with Gasteiger partial charge in [-0.15, -0.1) is 29.7 Å². The van der Waals surface area contributed by atoms with Gasteiger partial charge in [-0.3, -0.25) is 8.78 Å². The third-order valence-corrected chi connectivity index (χ3v) is 13.7. The molecular weight excluding hydrogens is 964 g/mol. The Morgan fingerprint density at radius 3 is 1.00 bits per heavy atom. The summed E-state index contributed by atoms with van der Waals surface area (Å²) in [6, 6.07) is 45.1. The minimum absolute atomic E-state index is 0.206. The average molecular weight is 1010 g/mol. The summed E-state index contributed by atoms with van der Waals surface area (Å²) in [5, 5.41) is 6.00. The summed E-state index contributed by atoms with van der Waals surface area (Å²) < 4.78 is 59.9. The summed E-state index contributed by atoms with van der Waals surface area (Å²) in [5.74, 6) is 2.21. The summed E-state index contributed by atoms with van der Waals surface area (Å²) in [4.78, 5) is 0. The van der Waals surface area contributed by atoms with E-state index < -0.39 is 29.1 Å². The second kappa shape index (κ2) is 31.7. The minimum atomic E-state index is -2.17. The summed E-state index contributed by atoms with van der Waals surface area (Å²) in [6.07, 6.45) is 15.1. The Kier molecular flexibility index (Phi) is 27.7. The molecule has 0 fully saturated rings. The molecule has 0 nitrogen and oxygen atoms in total. The second-order valence-corrected chi connectivity index (χ2v) is 17.2. The molecule has 304 valence electrons. The zero-order valence-electron chi connectivity index (χ0n) is 32.5. The molecule has 0 atom stereocenters. The molecule has 0 heterocycles.